The minimum Gasteiger partial charge on any atom is -0.480 e. The summed E-state index contributed by atoms with van der Waals surface area (Å²) in [6.45, 7) is 6.52. The van der Waals surface area contributed by atoms with Crippen LogP contribution in [0, 0.1) is 0 Å². The summed E-state index contributed by atoms with van der Waals surface area (Å²) in [5.74, 6) is -0.876. The van der Waals surface area contributed by atoms with Gasteiger partial charge in [-0.25, -0.2) is 4.98 Å². The molecule has 5 nitrogen and oxygen atoms in total. The lowest BCUT2D eigenvalue weighted by Crippen LogP contribution is -2.34. The maximum atomic E-state index is 11.1. The number of hydrogen-bond donors (Lipinski definition) is 2. The minimum atomic E-state index is -0.876. The van der Waals surface area contributed by atoms with Crippen molar-refractivity contribution in [3.8, 4) is 0 Å². The highest BCUT2D eigenvalue weighted by Crippen LogP contribution is 2.13. The molecule has 5 heteroatoms. The molecular weight excluding hydrogens is 194 g/mol. The Labute approximate surface area is 89.1 Å². The van der Waals surface area contributed by atoms with Crippen molar-refractivity contribution < 1.29 is 9.90 Å². The van der Waals surface area contributed by atoms with E-state index in [9.17, 15) is 4.79 Å². The molecule has 0 spiro atoms. The zero-order chi connectivity index (χ0) is 11.4. The van der Waals surface area contributed by atoms with Gasteiger partial charge >= 0.3 is 5.97 Å². The van der Waals surface area contributed by atoms with Crippen LogP contribution in [0.4, 0.5) is 0 Å². The normalized spacial score (nSPS) is 13.1. The Morgan fingerprint density at radius 3 is 2.80 bits per heavy atom. The average molecular weight is 211 g/mol. The summed E-state index contributed by atoms with van der Waals surface area (Å²) in [5.41, 5.74) is 0.693. The van der Waals surface area contributed by atoms with Crippen molar-refractivity contribution in [2.24, 2.45) is 0 Å². The van der Waals surface area contributed by atoms with Crippen LogP contribution in [0.15, 0.2) is 12.5 Å². The second-order valence-electron chi connectivity index (χ2n) is 3.70. The predicted molar refractivity (Wildman–Crippen MR) is 56.5 cm³/mol. The number of aryl methyl sites for hydroxylation is 1. The van der Waals surface area contributed by atoms with Gasteiger partial charge in [-0.2, -0.15) is 0 Å². The quantitative estimate of drug-likeness (QED) is 0.763. The fourth-order valence-electron chi connectivity index (χ4n) is 1.45. The molecule has 1 aromatic heterocycles. The molecule has 0 amide bonds. The number of nitrogens with one attached hydrogen (secondary N) is 1. The van der Waals surface area contributed by atoms with E-state index in [2.05, 4.69) is 10.3 Å². The van der Waals surface area contributed by atoms with Crippen LogP contribution in [0.25, 0.3) is 0 Å². The van der Waals surface area contributed by atoms with Crippen LogP contribution >= 0.6 is 0 Å². The third kappa shape index (κ3) is 2.79. The van der Waals surface area contributed by atoms with E-state index >= 15 is 0 Å². The van der Waals surface area contributed by atoms with E-state index in [1.807, 2.05) is 25.3 Å². The molecule has 0 aliphatic carbocycles. The van der Waals surface area contributed by atoms with Crippen LogP contribution in [-0.2, 0) is 11.3 Å². The van der Waals surface area contributed by atoms with Gasteiger partial charge in [0, 0.05) is 12.6 Å². The lowest BCUT2D eigenvalue weighted by molar-refractivity contribution is -0.140. The molecule has 1 unspecified atom stereocenters. The molecule has 1 aromatic rings. The van der Waals surface area contributed by atoms with Crippen molar-refractivity contribution in [3.63, 3.8) is 0 Å². The minimum absolute atomic E-state index is 0.117. The Morgan fingerprint density at radius 2 is 2.33 bits per heavy atom. The molecule has 0 aromatic carbocycles. The van der Waals surface area contributed by atoms with Gasteiger partial charge in [-0.05, 0) is 20.8 Å². The number of aliphatic carboxylic acids is 1. The largest absolute Gasteiger partial charge is 0.480 e. The second kappa shape index (κ2) is 4.93. The monoisotopic (exact) mass is 211 g/mol. The van der Waals surface area contributed by atoms with Crippen LogP contribution in [0.1, 0.15) is 32.5 Å². The zero-order valence-corrected chi connectivity index (χ0v) is 9.27. The molecule has 1 heterocycles. The highest BCUT2D eigenvalue weighted by Gasteiger charge is 2.23. The number of aromatic nitrogens is 2. The summed E-state index contributed by atoms with van der Waals surface area (Å²) < 4.78 is 1.83. The Kier molecular flexibility index (Phi) is 3.85. The van der Waals surface area contributed by atoms with Crippen LogP contribution in [0.2, 0.25) is 0 Å². The van der Waals surface area contributed by atoms with Gasteiger partial charge in [0.25, 0.3) is 0 Å². The van der Waals surface area contributed by atoms with E-state index in [-0.39, 0.29) is 6.04 Å². The summed E-state index contributed by atoms with van der Waals surface area (Å²) in [6, 6.07) is -0.571. The topological polar surface area (TPSA) is 67.2 Å². The Balaban J connectivity index is 2.93. The first-order chi connectivity index (χ1) is 7.06. The third-order valence-electron chi connectivity index (χ3n) is 2.13. The van der Waals surface area contributed by atoms with Crippen LogP contribution in [-0.4, -0.2) is 26.7 Å². The molecule has 0 saturated heterocycles. The fourth-order valence-corrected chi connectivity index (χ4v) is 1.45. The van der Waals surface area contributed by atoms with Gasteiger partial charge in [-0.1, -0.05) is 0 Å². The fraction of sp³-hybridized carbons (Fsp3) is 0.600. The number of nitrogens with zero attached hydrogens (tertiary/aromatic N) is 2. The Morgan fingerprint density at radius 1 is 1.67 bits per heavy atom. The predicted octanol–water partition coefficient (Wildman–Crippen LogP) is 1.03. The number of rotatable bonds is 5. The smallest absolute Gasteiger partial charge is 0.326 e. The van der Waals surface area contributed by atoms with Crippen LogP contribution in [0.5, 0.6) is 0 Å². The number of carboxylic acids is 1. The molecule has 0 fully saturated rings. The maximum Gasteiger partial charge on any atom is 0.326 e. The van der Waals surface area contributed by atoms with Crippen molar-refractivity contribution in [3.05, 3.63) is 18.2 Å². The van der Waals surface area contributed by atoms with E-state index < -0.39 is 12.0 Å². The van der Waals surface area contributed by atoms with E-state index in [0.29, 0.717) is 5.69 Å². The highest BCUT2D eigenvalue weighted by molar-refractivity contribution is 5.74. The summed E-state index contributed by atoms with van der Waals surface area (Å²) >= 11 is 0. The molecular formula is C10H17N3O2. The van der Waals surface area contributed by atoms with E-state index in [4.69, 9.17) is 5.11 Å². The van der Waals surface area contributed by atoms with Gasteiger partial charge < -0.3 is 9.67 Å². The van der Waals surface area contributed by atoms with Crippen molar-refractivity contribution in [1.82, 2.24) is 14.9 Å². The Hall–Kier alpha value is -1.36. The van der Waals surface area contributed by atoms with Gasteiger partial charge in [0.2, 0.25) is 0 Å². The lowest BCUT2D eigenvalue weighted by atomic mass is 10.2. The number of hydrogen-bond acceptors (Lipinski definition) is 3. The van der Waals surface area contributed by atoms with Crippen LogP contribution in [0.3, 0.4) is 0 Å². The molecule has 1 atom stereocenters. The standard InChI is InChI=1S/C10H17N3O2/c1-4-13-6-11-5-8(13)9(10(14)15)12-7(2)3/h5-7,9,12H,4H2,1-3H3,(H,14,15). The molecule has 84 valence electrons. The SMILES string of the molecule is CCn1cncc1C(NC(C)C)C(=O)O. The summed E-state index contributed by atoms with van der Waals surface area (Å²) in [7, 11) is 0. The molecule has 1 rings (SSSR count). The lowest BCUT2D eigenvalue weighted by Gasteiger charge is -2.18. The molecule has 15 heavy (non-hydrogen) atoms. The van der Waals surface area contributed by atoms with E-state index in [0.717, 1.165) is 6.54 Å². The molecule has 0 aliphatic rings. The summed E-state index contributed by atoms with van der Waals surface area (Å²) in [4.78, 5) is 15.1. The van der Waals surface area contributed by atoms with E-state index in [1.54, 1.807) is 12.5 Å². The molecule has 0 bridgehead atoms. The first-order valence-corrected chi connectivity index (χ1v) is 5.05. The number of imidazole rings is 1. The van der Waals surface area contributed by atoms with Gasteiger partial charge in [0.15, 0.2) is 0 Å². The second-order valence-corrected chi connectivity index (χ2v) is 3.70. The van der Waals surface area contributed by atoms with Crippen LogP contribution < -0.4 is 5.32 Å². The van der Waals surface area contributed by atoms with E-state index in [1.165, 1.54) is 0 Å². The highest BCUT2D eigenvalue weighted by atomic mass is 16.4. The average Bonchev–Trinajstić information content (AvgIpc) is 2.60. The maximum absolute atomic E-state index is 11.1. The van der Waals surface area contributed by atoms with Crippen molar-refractivity contribution in [2.45, 2.75) is 39.4 Å². The van der Waals surface area contributed by atoms with Gasteiger partial charge in [0.1, 0.15) is 6.04 Å². The van der Waals surface area contributed by atoms with Crippen molar-refractivity contribution >= 4 is 5.97 Å². The van der Waals surface area contributed by atoms with Gasteiger partial charge in [0.05, 0.1) is 18.2 Å². The first kappa shape index (κ1) is 11.7. The Bertz CT molecular complexity index is 333. The first-order valence-electron chi connectivity index (χ1n) is 5.05. The number of carboxylic acid groups (broad SMARTS) is 1. The third-order valence-corrected chi connectivity index (χ3v) is 2.13. The zero-order valence-electron chi connectivity index (χ0n) is 9.27. The molecule has 0 saturated carbocycles. The summed E-state index contributed by atoms with van der Waals surface area (Å²) in [6.07, 6.45) is 3.24. The molecule has 2 N–H and O–H groups in total. The van der Waals surface area contributed by atoms with Crippen molar-refractivity contribution in [1.29, 1.82) is 0 Å². The van der Waals surface area contributed by atoms with Gasteiger partial charge in [-0.3, -0.25) is 10.1 Å². The summed E-state index contributed by atoms with van der Waals surface area (Å²) in [5, 5.41) is 12.1. The van der Waals surface area contributed by atoms with Crippen molar-refractivity contribution in [2.75, 3.05) is 0 Å². The molecule has 0 aliphatic heterocycles. The molecule has 0 radical (unpaired) electrons. The number of carbonyl (C=O) groups is 1. The van der Waals surface area contributed by atoms with Gasteiger partial charge in [-0.15, -0.1) is 0 Å².